The predicted octanol–water partition coefficient (Wildman–Crippen LogP) is 3.28. The Morgan fingerprint density at radius 3 is 2.64 bits per heavy atom. The van der Waals surface area contributed by atoms with Gasteiger partial charge >= 0.3 is 0 Å². The maximum atomic E-state index is 12.5. The van der Waals surface area contributed by atoms with Crippen molar-refractivity contribution >= 4 is 17.7 Å². The van der Waals surface area contributed by atoms with E-state index in [2.05, 4.69) is 29.0 Å². The Hall–Kier alpha value is -1.30. The van der Waals surface area contributed by atoms with Gasteiger partial charge in [-0.1, -0.05) is 17.8 Å². The maximum Gasteiger partial charge on any atom is 0.230 e. The fourth-order valence-corrected chi connectivity index (χ4v) is 6.63. The number of hydrogen-bond donors (Lipinski definition) is 1. The van der Waals surface area contributed by atoms with Crippen molar-refractivity contribution < 1.29 is 4.79 Å². The van der Waals surface area contributed by atoms with Crippen molar-refractivity contribution in [3.63, 3.8) is 0 Å². The highest BCUT2D eigenvalue weighted by molar-refractivity contribution is 7.99. The second kappa shape index (κ2) is 6.78. The number of nitrogens with zero attached hydrogens (tertiary/aromatic N) is 3. The summed E-state index contributed by atoms with van der Waals surface area (Å²) in [5.74, 6) is 3.25. The van der Waals surface area contributed by atoms with Crippen LogP contribution >= 0.6 is 11.8 Å². The van der Waals surface area contributed by atoms with Crippen LogP contribution in [0.4, 0.5) is 0 Å². The summed E-state index contributed by atoms with van der Waals surface area (Å²) in [7, 11) is 0. The summed E-state index contributed by atoms with van der Waals surface area (Å²) < 4.78 is 1.91. The first-order valence-electron chi connectivity index (χ1n) is 9.49. The van der Waals surface area contributed by atoms with Crippen molar-refractivity contribution in [1.82, 2.24) is 20.1 Å². The molecule has 25 heavy (non-hydrogen) atoms. The summed E-state index contributed by atoms with van der Waals surface area (Å²) in [6.07, 6.45) is 11.8. The Morgan fingerprint density at radius 1 is 1.40 bits per heavy atom. The van der Waals surface area contributed by atoms with Crippen LogP contribution in [0.5, 0.6) is 0 Å². The topological polar surface area (TPSA) is 59.8 Å². The molecule has 5 nitrogen and oxygen atoms in total. The molecular formula is C19H28N4OS. The van der Waals surface area contributed by atoms with Crippen LogP contribution in [0.15, 0.2) is 24.1 Å². The van der Waals surface area contributed by atoms with Gasteiger partial charge in [0.15, 0.2) is 5.16 Å². The number of rotatable bonds is 7. The number of aromatic nitrogens is 3. The van der Waals surface area contributed by atoms with Gasteiger partial charge < -0.3 is 9.88 Å². The molecule has 0 unspecified atom stereocenters. The quantitative estimate of drug-likeness (QED) is 0.599. The summed E-state index contributed by atoms with van der Waals surface area (Å²) in [4.78, 5) is 12.5. The van der Waals surface area contributed by atoms with Gasteiger partial charge in [0.2, 0.25) is 5.91 Å². The van der Waals surface area contributed by atoms with Gasteiger partial charge in [-0.3, -0.25) is 4.79 Å². The first-order valence-corrected chi connectivity index (χ1v) is 10.5. The summed E-state index contributed by atoms with van der Waals surface area (Å²) in [6, 6.07) is 0.278. The first-order chi connectivity index (χ1) is 12.1. The smallest absolute Gasteiger partial charge is 0.230 e. The third-order valence-corrected chi connectivity index (χ3v) is 7.60. The number of thioether (sulfide) groups is 1. The van der Waals surface area contributed by atoms with Gasteiger partial charge in [0, 0.05) is 12.6 Å². The summed E-state index contributed by atoms with van der Waals surface area (Å²) in [5.41, 5.74) is 0.359. The molecular weight excluding hydrogens is 332 g/mol. The Labute approximate surface area is 154 Å². The van der Waals surface area contributed by atoms with E-state index in [4.69, 9.17) is 0 Å². The van der Waals surface area contributed by atoms with Gasteiger partial charge in [0.25, 0.3) is 0 Å². The van der Waals surface area contributed by atoms with E-state index in [1.54, 1.807) is 6.33 Å². The predicted molar refractivity (Wildman–Crippen MR) is 99.2 cm³/mol. The lowest BCUT2D eigenvalue weighted by Crippen LogP contribution is -2.56. The molecule has 0 saturated heterocycles. The molecule has 4 saturated carbocycles. The van der Waals surface area contributed by atoms with E-state index in [1.807, 2.05) is 10.6 Å². The van der Waals surface area contributed by atoms with Crippen LogP contribution < -0.4 is 5.32 Å². The van der Waals surface area contributed by atoms with E-state index < -0.39 is 0 Å². The van der Waals surface area contributed by atoms with Gasteiger partial charge in [-0.2, -0.15) is 0 Å². The molecule has 0 radical (unpaired) electrons. The van der Waals surface area contributed by atoms with E-state index in [0.29, 0.717) is 17.7 Å². The van der Waals surface area contributed by atoms with Gasteiger partial charge in [-0.25, -0.2) is 0 Å². The molecule has 4 bridgehead atoms. The van der Waals surface area contributed by atoms with Crippen LogP contribution in [0.2, 0.25) is 0 Å². The third-order valence-electron chi connectivity index (χ3n) is 6.62. The second-order valence-electron chi connectivity index (χ2n) is 8.41. The molecule has 1 aromatic heterocycles. The van der Waals surface area contributed by atoms with Crippen LogP contribution in [0, 0.1) is 23.2 Å². The SMILES string of the molecule is C=CCn1cnnc1SCC(=O)N[C@H](C)C12CC3CC(CC(C3)C1)C2. The highest BCUT2D eigenvalue weighted by Crippen LogP contribution is 2.61. The molecule has 4 aliphatic rings. The minimum atomic E-state index is 0.112. The van der Waals surface area contributed by atoms with Crippen molar-refractivity contribution in [3.8, 4) is 0 Å². The zero-order valence-corrected chi connectivity index (χ0v) is 15.8. The molecule has 1 heterocycles. The lowest BCUT2D eigenvalue weighted by molar-refractivity contribution is -0.123. The standard InChI is InChI=1S/C19H28N4OS/c1-3-4-23-12-20-22-18(23)25-11-17(24)21-13(2)19-8-14-5-15(9-19)7-16(6-14)10-19/h3,12-16H,1,4-11H2,2H3,(H,21,24)/t13-,14?,15?,16?,19?/m1/s1. The van der Waals surface area contributed by atoms with Crippen molar-refractivity contribution in [2.75, 3.05) is 5.75 Å². The molecule has 1 atom stereocenters. The van der Waals surface area contributed by atoms with E-state index in [9.17, 15) is 4.79 Å². The number of amides is 1. The van der Waals surface area contributed by atoms with Gasteiger partial charge in [-0.05, 0) is 68.6 Å². The highest BCUT2D eigenvalue weighted by atomic mass is 32.2. The van der Waals surface area contributed by atoms with Crippen LogP contribution in [-0.2, 0) is 11.3 Å². The van der Waals surface area contributed by atoms with E-state index in [0.717, 1.165) is 22.9 Å². The molecule has 1 amide bonds. The lowest BCUT2D eigenvalue weighted by Gasteiger charge is -2.59. The van der Waals surface area contributed by atoms with Gasteiger partial charge in [0.1, 0.15) is 6.33 Å². The molecule has 6 heteroatoms. The largest absolute Gasteiger partial charge is 0.352 e. The minimum Gasteiger partial charge on any atom is -0.352 e. The molecule has 0 aromatic carbocycles. The summed E-state index contributed by atoms with van der Waals surface area (Å²) in [5, 5.41) is 12.1. The monoisotopic (exact) mass is 360 g/mol. The van der Waals surface area contributed by atoms with E-state index in [-0.39, 0.29) is 11.9 Å². The molecule has 4 aliphatic carbocycles. The summed E-state index contributed by atoms with van der Waals surface area (Å²) >= 11 is 1.45. The van der Waals surface area contributed by atoms with E-state index in [1.165, 1.54) is 50.3 Å². The Kier molecular flexibility index (Phi) is 4.65. The molecule has 5 rings (SSSR count). The number of carbonyl (C=O) groups excluding carboxylic acids is 1. The number of allylic oxidation sites excluding steroid dienone is 1. The fraction of sp³-hybridized carbons (Fsp3) is 0.737. The summed E-state index contributed by atoms with van der Waals surface area (Å²) in [6.45, 7) is 6.64. The molecule has 0 aliphatic heterocycles. The van der Waals surface area contributed by atoms with Crippen molar-refractivity contribution in [2.45, 2.75) is 63.2 Å². The van der Waals surface area contributed by atoms with Crippen LogP contribution in [0.3, 0.4) is 0 Å². The average molecular weight is 361 g/mol. The number of nitrogens with one attached hydrogen (secondary N) is 1. The van der Waals surface area contributed by atoms with Crippen molar-refractivity contribution in [2.24, 2.45) is 23.2 Å². The molecule has 136 valence electrons. The highest BCUT2D eigenvalue weighted by Gasteiger charge is 2.53. The van der Waals surface area contributed by atoms with E-state index >= 15 is 0 Å². The second-order valence-corrected chi connectivity index (χ2v) is 9.35. The fourth-order valence-electron chi connectivity index (χ4n) is 5.89. The normalized spacial score (nSPS) is 34.0. The van der Waals surface area contributed by atoms with Gasteiger partial charge in [-0.15, -0.1) is 16.8 Å². The van der Waals surface area contributed by atoms with Gasteiger partial charge in [0.05, 0.1) is 5.75 Å². The van der Waals surface area contributed by atoms with Crippen molar-refractivity contribution in [3.05, 3.63) is 19.0 Å². The Balaban J connectivity index is 1.33. The Morgan fingerprint density at radius 2 is 2.04 bits per heavy atom. The third kappa shape index (κ3) is 3.37. The molecule has 4 fully saturated rings. The number of carbonyl (C=O) groups is 1. The first kappa shape index (κ1) is 17.1. The van der Waals surface area contributed by atoms with Crippen LogP contribution in [0.1, 0.15) is 45.4 Å². The lowest BCUT2D eigenvalue weighted by atomic mass is 9.48. The molecule has 0 spiro atoms. The average Bonchev–Trinajstić information content (AvgIpc) is 2.99. The molecule has 1 aromatic rings. The number of hydrogen-bond acceptors (Lipinski definition) is 4. The minimum absolute atomic E-state index is 0.112. The zero-order chi connectivity index (χ0) is 17.4. The van der Waals surface area contributed by atoms with Crippen LogP contribution in [0.25, 0.3) is 0 Å². The molecule has 1 N–H and O–H groups in total. The van der Waals surface area contributed by atoms with Crippen molar-refractivity contribution in [1.29, 1.82) is 0 Å². The maximum absolute atomic E-state index is 12.5. The zero-order valence-electron chi connectivity index (χ0n) is 15.0. The Bertz CT molecular complexity index is 620. The van der Waals surface area contributed by atoms with Crippen LogP contribution in [-0.4, -0.2) is 32.5 Å².